The summed E-state index contributed by atoms with van der Waals surface area (Å²) in [4.78, 5) is 18.0. The molecule has 0 fully saturated rings. The van der Waals surface area contributed by atoms with E-state index in [2.05, 4.69) is 10.2 Å². The standard InChI is InChI=1S/C20H24FN5OS2/c1-14(26-18(22-23-20(26)28)17-9-6-12-29-17)19(27)25(11-10-24(2)3)13-15-7-4-5-8-16(15)21/h4-9,12,14H,10-11,13H2,1-3H3,(H,23,28). The Morgan fingerprint density at radius 2 is 2.03 bits per heavy atom. The molecule has 0 spiro atoms. The Hall–Kier alpha value is -2.36. The number of nitrogens with zero attached hydrogens (tertiary/aromatic N) is 4. The van der Waals surface area contributed by atoms with E-state index in [4.69, 9.17) is 12.2 Å². The van der Waals surface area contributed by atoms with Gasteiger partial charge < -0.3 is 9.80 Å². The van der Waals surface area contributed by atoms with Crippen molar-refractivity contribution >= 4 is 29.5 Å². The molecular weight excluding hydrogens is 409 g/mol. The Morgan fingerprint density at radius 1 is 1.28 bits per heavy atom. The summed E-state index contributed by atoms with van der Waals surface area (Å²) >= 11 is 6.93. The minimum atomic E-state index is -0.577. The molecule has 1 amide bonds. The van der Waals surface area contributed by atoms with E-state index in [1.54, 1.807) is 34.6 Å². The number of carbonyl (C=O) groups is 1. The normalized spacial score (nSPS) is 12.3. The van der Waals surface area contributed by atoms with Crippen LogP contribution >= 0.6 is 23.6 Å². The first-order chi connectivity index (χ1) is 13.9. The number of amides is 1. The second kappa shape index (κ2) is 9.43. The molecular formula is C20H24FN5OS2. The Labute approximate surface area is 178 Å². The van der Waals surface area contributed by atoms with Gasteiger partial charge in [-0.15, -0.1) is 11.3 Å². The van der Waals surface area contributed by atoms with Crippen molar-refractivity contribution in [3.63, 3.8) is 0 Å². The van der Waals surface area contributed by atoms with Crippen LogP contribution in [-0.2, 0) is 11.3 Å². The second-order valence-corrected chi connectivity index (χ2v) is 8.36. The number of hydrogen-bond acceptors (Lipinski definition) is 5. The van der Waals surface area contributed by atoms with Gasteiger partial charge in [-0.05, 0) is 50.7 Å². The van der Waals surface area contributed by atoms with Crippen LogP contribution in [0.15, 0.2) is 41.8 Å². The molecule has 3 rings (SSSR count). The van der Waals surface area contributed by atoms with E-state index in [0.29, 0.717) is 29.2 Å². The molecule has 154 valence electrons. The predicted molar refractivity (Wildman–Crippen MR) is 116 cm³/mol. The molecule has 0 aliphatic carbocycles. The summed E-state index contributed by atoms with van der Waals surface area (Å²) < 4.78 is 16.3. The molecule has 0 bridgehead atoms. The number of rotatable bonds is 8. The average molecular weight is 434 g/mol. The van der Waals surface area contributed by atoms with E-state index in [-0.39, 0.29) is 18.3 Å². The highest BCUT2D eigenvalue weighted by molar-refractivity contribution is 7.71. The lowest BCUT2D eigenvalue weighted by molar-refractivity contribution is -0.135. The van der Waals surface area contributed by atoms with E-state index in [1.807, 2.05) is 36.5 Å². The number of halogens is 1. The molecule has 0 saturated heterocycles. The zero-order valence-corrected chi connectivity index (χ0v) is 18.3. The number of aromatic amines is 1. The van der Waals surface area contributed by atoms with Crippen molar-refractivity contribution in [2.45, 2.75) is 19.5 Å². The molecule has 2 heterocycles. The molecule has 29 heavy (non-hydrogen) atoms. The highest BCUT2D eigenvalue weighted by Gasteiger charge is 2.26. The van der Waals surface area contributed by atoms with Crippen molar-refractivity contribution in [3.05, 3.63) is 57.9 Å². The van der Waals surface area contributed by atoms with Crippen LogP contribution in [0.5, 0.6) is 0 Å². The van der Waals surface area contributed by atoms with E-state index in [9.17, 15) is 9.18 Å². The molecule has 1 atom stereocenters. The van der Waals surface area contributed by atoms with Crippen LogP contribution < -0.4 is 0 Å². The Balaban J connectivity index is 1.90. The monoisotopic (exact) mass is 433 g/mol. The van der Waals surface area contributed by atoms with Gasteiger partial charge in [0.2, 0.25) is 5.91 Å². The SMILES string of the molecule is CC(C(=O)N(CCN(C)C)Cc1ccccc1F)n1c(-c2cccs2)n[nH]c1=S. The van der Waals surface area contributed by atoms with Gasteiger partial charge in [-0.2, -0.15) is 5.10 Å². The van der Waals surface area contributed by atoms with Gasteiger partial charge in [0.25, 0.3) is 0 Å². The quantitative estimate of drug-likeness (QED) is 0.547. The minimum absolute atomic E-state index is 0.134. The molecule has 2 aromatic heterocycles. The van der Waals surface area contributed by atoms with Crippen molar-refractivity contribution in [3.8, 4) is 10.7 Å². The van der Waals surface area contributed by atoms with Gasteiger partial charge in [-0.25, -0.2) is 4.39 Å². The second-order valence-electron chi connectivity index (χ2n) is 7.03. The van der Waals surface area contributed by atoms with Crippen LogP contribution in [0, 0.1) is 10.6 Å². The maximum Gasteiger partial charge on any atom is 0.245 e. The fraction of sp³-hybridized carbons (Fsp3) is 0.350. The molecule has 0 aliphatic heterocycles. The fourth-order valence-corrected chi connectivity index (χ4v) is 4.04. The van der Waals surface area contributed by atoms with Crippen LogP contribution in [0.25, 0.3) is 10.7 Å². The molecule has 0 saturated carbocycles. The van der Waals surface area contributed by atoms with Gasteiger partial charge in [0.05, 0.1) is 4.88 Å². The van der Waals surface area contributed by atoms with Crippen LogP contribution in [0.3, 0.4) is 0 Å². The van der Waals surface area contributed by atoms with E-state index >= 15 is 0 Å². The zero-order chi connectivity index (χ0) is 21.0. The van der Waals surface area contributed by atoms with Gasteiger partial charge in [0.1, 0.15) is 11.9 Å². The Bertz CT molecular complexity index is 1010. The van der Waals surface area contributed by atoms with E-state index < -0.39 is 6.04 Å². The van der Waals surface area contributed by atoms with Gasteiger partial charge in [-0.1, -0.05) is 24.3 Å². The fourth-order valence-electron chi connectivity index (χ4n) is 3.04. The van der Waals surface area contributed by atoms with Crippen molar-refractivity contribution in [2.24, 2.45) is 0 Å². The number of hydrogen-bond donors (Lipinski definition) is 1. The molecule has 1 N–H and O–H groups in total. The maximum absolute atomic E-state index is 14.2. The summed E-state index contributed by atoms with van der Waals surface area (Å²) in [6, 6.07) is 9.82. The van der Waals surface area contributed by atoms with Crippen molar-refractivity contribution < 1.29 is 9.18 Å². The lowest BCUT2D eigenvalue weighted by atomic mass is 10.1. The van der Waals surface area contributed by atoms with Crippen LogP contribution in [-0.4, -0.2) is 57.7 Å². The topological polar surface area (TPSA) is 57.2 Å². The molecule has 6 nitrogen and oxygen atoms in total. The van der Waals surface area contributed by atoms with Crippen molar-refractivity contribution in [1.82, 2.24) is 24.6 Å². The highest BCUT2D eigenvalue weighted by atomic mass is 32.1. The number of carbonyl (C=O) groups excluding carboxylic acids is 1. The number of likely N-dealkylation sites (N-methyl/N-ethyl adjacent to an activating group) is 1. The Kier molecular flexibility index (Phi) is 6.94. The molecule has 9 heteroatoms. The van der Waals surface area contributed by atoms with Crippen LogP contribution in [0.1, 0.15) is 18.5 Å². The first-order valence-corrected chi connectivity index (χ1v) is 10.5. The van der Waals surface area contributed by atoms with Gasteiger partial charge in [0, 0.05) is 25.2 Å². The van der Waals surface area contributed by atoms with Gasteiger partial charge in [0.15, 0.2) is 10.6 Å². The van der Waals surface area contributed by atoms with Crippen LogP contribution in [0.2, 0.25) is 0 Å². The summed E-state index contributed by atoms with van der Waals surface area (Å²) in [6.45, 7) is 3.14. The average Bonchev–Trinajstić information content (AvgIpc) is 3.34. The highest BCUT2D eigenvalue weighted by Crippen LogP contribution is 2.26. The Morgan fingerprint density at radius 3 is 2.69 bits per heavy atom. The molecule has 1 aromatic carbocycles. The van der Waals surface area contributed by atoms with Crippen LogP contribution in [0.4, 0.5) is 4.39 Å². The largest absolute Gasteiger partial charge is 0.335 e. The summed E-state index contributed by atoms with van der Waals surface area (Å²) in [5.74, 6) is 0.178. The summed E-state index contributed by atoms with van der Waals surface area (Å²) in [6.07, 6.45) is 0. The third kappa shape index (κ3) is 4.98. The number of aromatic nitrogens is 3. The van der Waals surface area contributed by atoms with Crippen molar-refractivity contribution in [2.75, 3.05) is 27.2 Å². The number of thiophene rings is 1. The number of H-pyrrole nitrogens is 1. The summed E-state index contributed by atoms with van der Waals surface area (Å²) in [5.41, 5.74) is 0.487. The van der Waals surface area contributed by atoms with Crippen molar-refractivity contribution in [1.29, 1.82) is 0 Å². The smallest absolute Gasteiger partial charge is 0.245 e. The minimum Gasteiger partial charge on any atom is -0.335 e. The van der Waals surface area contributed by atoms with Gasteiger partial charge in [-0.3, -0.25) is 14.5 Å². The molecule has 1 unspecified atom stereocenters. The summed E-state index contributed by atoms with van der Waals surface area (Å²) in [7, 11) is 3.88. The lowest BCUT2D eigenvalue weighted by Gasteiger charge is -2.28. The third-order valence-electron chi connectivity index (χ3n) is 4.64. The number of nitrogens with one attached hydrogen (secondary N) is 1. The van der Waals surface area contributed by atoms with E-state index in [0.717, 1.165) is 4.88 Å². The zero-order valence-electron chi connectivity index (χ0n) is 16.6. The molecule has 0 aliphatic rings. The first kappa shape index (κ1) is 21.4. The lowest BCUT2D eigenvalue weighted by Crippen LogP contribution is -2.40. The summed E-state index contributed by atoms with van der Waals surface area (Å²) in [5, 5.41) is 9.05. The maximum atomic E-state index is 14.2. The predicted octanol–water partition coefficient (Wildman–Crippen LogP) is 3.96. The molecule has 0 radical (unpaired) electrons. The number of benzene rings is 1. The molecule has 3 aromatic rings. The third-order valence-corrected chi connectivity index (χ3v) is 5.79. The van der Waals surface area contributed by atoms with E-state index in [1.165, 1.54) is 17.4 Å². The van der Waals surface area contributed by atoms with Gasteiger partial charge >= 0.3 is 0 Å². The first-order valence-electron chi connectivity index (χ1n) is 9.26.